The highest BCUT2D eigenvalue weighted by Crippen LogP contribution is 2.14. The average Bonchev–Trinajstić information content (AvgIpc) is 3.09. The molecule has 0 saturated heterocycles. The van der Waals surface area contributed by atoms with Crippen molar-refractivity contribution in [3.63, 3.8) is 0 Å². The first-order valence-corrected chi connectivity index (χ1v) is 6.73. The highest BCUT2D eigenvalue weighted by atomic mass is 16.4. The van der Waals surface area contributed by atoms with E-state index in [-0.39, 0.29) is 11.5 Å². The maximum atomic E-state index is 12.2. The van der Waals surface area contributed by atoms with Crippen LogP contribution >= 0.6 is 0 Å². The lowest BCUT2D eigenvalue weighted by molar-refractivity contribution is 0.0696. The topological polar surface area (TPSA) is 97.1 Å². The standard InChI is InChI=1S/C16H12N4O3/c21-15(19-13-3-1-2-12(8-13)16(22)23)11-4-6-14(7-5-11)20-9-17-18-10-20/h1-10H,(H,19,21)(H,22,23). The average molecular weight is 308 g/mol. The van der Waals surface area contributed by atoms with E-state index < -0.39 is 5.97 Å². The van der Waals surface area contributed by atoms with Crippen molar-refractivity contribution in [1.82, 2.24) is 14.8 Å². The fraction of sp³-hybridized carbons (Fsp3) is 0. The number of rotatable bonds is 4. The molecule has 0 radical (unpaired) electrons. The first kappa shape index (κ1) is 14.5. The molecule has 1 amide bonds. The van der Waals surface area contributed by atoms with Gasteiger partial charge in [-0.05, 0) is 42.5 Å². The van der Waals surface area contributed by atoms with E-state index in [1.54, 1.807) is 53.6 Å². The van der Waals surface area contributed by atoms with Gasteiger partial charge in [0, 0.05) is 16.9 Å². The number of hydrogen-bond acceptors (Lipinski definition) is 4. The van der Waals surface area contributed by atoms with E-state index in [1.807, 2.05) is 0 Å². The lowest BCUT2D eigenvalue weighted by Gasteiger charge is -2.07. The van der Waals surface area contributed by atoms with Crippen molar-refractivity contribution in [2.24, 2.45) is 0 Å². The van der Waals surface area contributed by atoms with Crippen molar-refractivity contribution < 1.29 is 14.7 Å². The fourth-order valence-electron chi connectivity index (χ4n) is 2.05. The molecule has 2 aromatic carbocycles. The minimum absolute atomic E-state index is 0.116. The van der Waals surface area contributed by atoms with Crippen LogP contribution in [0.4, 0.5) is 5.69 Å². The smallest absolute Gasteiger partial charge is 0.335 e. The summed E-state index contributed by atoms with van der Waals surface area (Å²) >= 11 is 0. The Kier molecular flexibility index (Phi) is 3.84. The molecule has 7 nitrogen and oxygen atoms in total. The summed E-state index contributed by atoms with van der Waals surface area (Å²) in [5.74, 6) is -1.36. The molecule has 0 unspecified atom stereocenters. The van der Waals surface area contributed by atoms with E-state index in [0.717, 1.165) is 5.69 Å². The Bertz CT molecular complexity index is 842. The maximum Gasteiger partial charge on any atom is 0.335 e. The molecule has 0 bridgehead atoms. The maximum absolute atomic E-state index is 12.2. The number of anilines is 1. The normalized spacial score (nSPS) is 10.3. The molecule has 1 heterocycles. The van der Waals surface area contributed by atoms with Crippen LogP contribution in [0.15, 0.2) is 61.2 Å². The molecule has 23 heavy (non-hydrogen) atoms. The van der Waals surface area contributed by atoms with Crippen molar-refractivity contribution in [1.29, 1.82) is 0 Å². The first-order chi connectivity index (χ1) is 11.1. The van der Waals surface area contributed by atoms with Crippen molar-refractivity contribution in [2.75, 3.05) is 5.32 Å². The summed E-state index contributed by atoms with van der Waals surface area (Å²) in [6, 6.07) is 13.0. The van der Waals surface area contributed by atoms with Gasteiger partial charge in [-0.25, -0.2) is 4.79 Å². The minimum atomic E-state index is -1.04. The summed E-state index contributed by atoms with van der Waals surface area (Å²) in [6.07, 6.45) is 3.12. The fourth-order valence-corrected chi connectivity index (χ4v) is 2.05. The van der Waals surface area contributed by atoms with Crippen molar-refractivity contribution in [2.45, 2.75) is 0 Å². The lowest BCUT2D eigenvalue weighted by atomic mass is 10.1. The number of amides is 1. The van der Waals surface area contributed by atoms with Gasteiger partial charge in [-0.1, -0.05) is 6.07 Å². The molecule has 0 saturated carbocycles. The zero-order chi connectivity index (χ0) is 16.2. The second kappa shape index (κ2) is 6.10. The van der Waals surface area contributed by atoms with Crippen LogP contribution in [0.5, 0.6) is 0 Å². The van der Waals surface area contributed by atoms with Crippen LogP contribution in [0.25, 0.3) is 5.69 Å². The Labute approximate surface area is 131 Å². The number of aromatic nitrogens is 3. The van der Waals surface area contributed by atoms with Crippen LogP contribution < -0.4 is 5.32 Å². The van der Waals surface area contributed by atoms with Gasteiger partial charge in [0.25, 0.3) is 5.91 Å². The highest BCUT2D eigenvalue weighted by Gasteiger charge is 2.08. The van der Waals surface area contributed by atoms with Gasteiger partial charge in [0.15, 0.2) is 0 Å². The van der Waals surface area contributed by atoms with Gasteiger partial charge in [0.05, 0.1) is 5.56 Å². The van der Waals surface area contributed by atoms with Crippen LogP contribution in [0.2, 0.25) is 0 Å². The number of carbonyl (C=O) groups is 2. The van der Waals surface area contributed by atoms with Gasteiger partial charge in [-0.3, -0.25) is 9.36 Å². The van der Waals surface area contributed by atoms with Crippen molar-refractivity contribution in [3.05, 3.63) is 72.3 Å². The van der Waals surface area contributed by atoms with E-state index in [1.165, 1.54) is 12.1 Å². The Morgan fingerprint density at radius 3 is 2.30 bits per heavy atom. The second-order valence-electron chi connectivity index (χ2n) is 4.76. The Morgan fingerprint density at radius 1 is 0.957 bits per heavy atom. The predicted molar refractivity (Wildman–Crippen MR) is 82.7 cm³/mol. The van der Waals surface area contributed by atoms with E-state index in [9.17, 15) is 9.59 Å². The molecular weight excluding hydrogens is 296 g/mol. The summed E-state index contributed by atoms with van der Waals surface area (Å²) in [7, 11) is 0. The number of aromatic carboxylic acids is 1. The van der Waals surface area contributed by atoms with Crippen LogP contribution in [-0.2, 0) is 0 Å². The number of nitrogens with one attached hydrogen (secondary N) is 1. The van der Waals surface area contributed by atoms with Gasteiger partial charge in [0.2, 0.25) is 0 Å². The second-order valence-corrected chi connectivity index (χ2v) is 4.76. The molecule has 1 aromatic heterocycles. The molecule has 0 aliphatic rings. The zero-order valence-corrected chi connectivity index (χ0v) is 11.9. The molecule has 3 rings (SSSR count). The molecule has 0 aliphatic carbocycles. The molecule has 2 N–H and O–H groups in total. The van der Waals surface area contributed by atoms with Crippen molar-refractivity contribution in [3.8, 4) is 5.69 Å². The van der Waals surface area contributed by atoms with Crippen LogP contribution in [0.3, 0.4) is 0 Å². The monoisotopic (exact) mass is 308 g/mol. The molecule has 0 spiro atoms. The Hall–Kier alpha value is -3.48. The van der Waals surface area contributed by atoms with Gasteiger partial charge in [-0.2, -0.15) is 0 Å². The summed E-state index contributed by atoms with van der Waals surface area (Å²) in [6.45, 7) is 0. The number of carbonyl (C=O) groups excluding carboxylic acids is 1. The molecular formula is C16H12N4O3. The molecule has 0 fully saturated rings. The molecule has 0 atom stereocenters. The van der Waals surface area contributed by atoms with Gasteiger partial charge in [0.1, 0.15) is 12.7 Å². The van der Waals surface area contributed by atoms with Crippen molar-refractivity contribution >= 4 is 17.6 Å². The van der Waals surface area contributed by atoms with Gasteiger partial charge in [-0.15, -0.1) is 10.2 Å². The van der Waals surface area contributed by atoms with Crippen LogP contribution in [0.1, 0.15) is 20.7 Å². The first-order valence-electron chi connectivity index (χ1n) is 6.73. The highest BCUT2D eigenvalue weighted by molar-refractivity contribution is 6.04. The SMILES string of the molecule is O=C(O)c1cccc(NC(=O)c2ccc(-n3cnnc3)cc2)c1. The largest absolute Gasteiger partial charge is 0.478 e. The van der Waals surface area contributed by atoms with E-state index in [2.05, 4.69) is 15.5 Å². The Balaban J connectivity index is 1.76. The number of carboxylic acids is 1. The number of benzene rings is 2. The summed E-state index contributed by atoms with van der Waals surface area (Å²) in [5, 5.41) is 19.1. The molecule has 114 valence electrons. The zero-order valence-electron chi connectivity index (χ0n) is 11.9. The Morgan fingerprint density at radius 2 is 1.65 bits per heavy atom. The summed E-state index contributed by atoms with van der Waals surface area (Å²) in [4.78, 5) is 23.1. The number of nitrogens with zero attached hydrogens (tertiary/aromatic N) is 3. The predicted octanol–water partition coefficient (Wildman–Crippen LogP) is 2.22. The number of carboxylic acid groups (broad SMARTS) is 1. The molecule has 3 aromatic rings. The van der Waals surface area contributed by atoms with Crippen LogP contribution in [-0.4, -0.2) is 31.7 Å². The quantitative estimate of drug-likeness (QED) is 0.770. The lowest BCUT2D eigenvalue weighted by Crippen LogP contribution is -2.12. The van der Waals surface area contributed by atoms with Gasteiger partial charge < -0.3 is 10.4 Å². The molecule has 7 heteroatoms. The summed E-state index contributed by atoms with van der Waals surface area (Å²) < 4.78 is 1.72. The third kappa shape index (κ3) is 3.24. The van der Waals surface area contributed by atoms with Gasteiger partial charge >= 0.3 is 5.97 Å². The van der Waals surface area contributed by atoms with Crippen LogP contribution in [0, 0.1) is 0 Å². The minimum Gasteiger partial charge on any atom is -0.478 e. The third-order valence-electron chi connectivity index (χ3n) is 3.21. The molecule has 0 aliphatic heterocycles. The van der Waals surface area contributed by atoms with E-state index >= 15 is 0 Å². The third-order valence-corrected chi connectivity index (χ3v) is 3.21. The van der Waals surface area contributed by atoms with E-state index in [0.29, 0.717) is 11.3 Å². The number of hydrogen-bond donors (Lipinski definition) is 2. The summed E-state index contributed by atoms with van der Waals surface area (Å²) in [5.41, 5.74) is 1.84. The van der Waals surface area contributed by atoms with E-state index in [4.69, 9.17) is 5.11 Å².